The summed E-state index contributed by atoms with van der Waals surface area (Å²) in [4.78, 5) is 75.4. The number of pyridine rings is 2. The Morgan fingerprint density at radius 2 is 0.820 bits per heavy atom. The summed E-state index contributed by atoms with van der Waals surface area (Å²) in [7, 11) is 3.06. The first-order valence-corrected chi connectivity index (χ1v) is 21.5. The summed E-state index contributed by atoms with van der Waals surface area (Å²) >= 11 is 16.5. The largest absolute Gasteiger partial charge is 0.481 e. The van der Waals surface area contributed by atoms with E-state index in [2.05, 4.69) is 89.6 Å². The average molecular weight is 1150 g/mol. The molecule has 7 amide bonds. The Morgan fingerprint density at radius 3 is 1.18 bits per heavy atom. The minimum atomic E-state index is -2.28. The number of anilines is 4. The zero-order valence-corrected chi connectivity index (χ0v) is 39.5. The monoisotopic (exact) mass is 1140 g/mol. The molecule has 19 heteroatoms. The van der Waals surface area contributed by atoms with Crippen LogP contribution in [-0.4, -0.2) is 59.1 Å². The second-order valence-electron chi connectivity index (χ2n) is 12.5. The lowest BCUT2D eigenvalue weighted by Crippen LogP contribution is -2.47. The maximum absolute atomic E-state index is 13.5. The Labute approximate surface area is 390 Å². The molecule has 6 aromatic rings. The number of carbonyl (C=O) groups excluding carboxylic acids is 5. The fraction of sp³-hybridized carbons (Fsp3) is 0.0714. The molecule has 1 unspecified atom stereocenters. The predicted octanol–water partition coefficient (Wildman–Crippen LogP) is 10.00. The van der Waals surface area contributed by atoms with E-state index in [0.717, 1.165) is 42.0 Å². The van der Waals surface area contributed by atoms with Crippen molar-refractivity contribution in [2.75, 3.05) is 33.8 Å². The summed E-state index contributed by atoms with van der Waals surface area (Å²) in [5, 5.41) is 11.6. The Balaban J connectivity index is 0.000000175. The lowest BCUT2D eigenvalue weighted by atomic mass is 10.0. The van der Waals surface area contributed by atoms with Gasteiger partial charge in [0.15, 0.2) is 0 Å². The van der Waals surface area contributed by atoms with Crippen LogP contribution in [0.3, 0.4) is 0 Å². The molecular formula is C42H29Br5N6O8. The van der Waals surface area contributed by atoms with Gasteiger partial charge in [0, 0.05) is 58.1 Å². The van der Waals surface area contributed by atoms with Gasteiger partial charge in [-0.1, -0.05) is 63.7 Å². The minimum Gasteiger partial charge on any atom is -0.481 e. The van der Waals surface area contributed by atoms with Crippen LogP contribution < -0.4 is 29.1 Å². The molecule has 0 bridgehead atoms. The number of carbonyl (C=O) groups is 5. The van der Waals surface area contributed by atoms with Crippen LogP contribution >= 0.6 is 79.6 Å². The van der Waals surface area contributed by atoms with Gasteiger partial charge in [-0.15, -0.1) is 0 Å². The maximum atomic E-state index is 13.5. The van der Waals surface area contributed by atoms with E-state index in [0.29, 0.717) is 34.5 Å². The molecule has 8 rings (SSSR count). The van der Waals surface area contributed by atoms with Crippen LogP contribution in [0.2, 0.25) is 0 Å². The normalized spacial score (nSPS) is 16.0. The van der Waals surface area contributed by atoms with Gasteiger partial charge in [0.1, 0.15) is 0 Å². The number of halogens is 5. The zero-order valence-electron chi connectivity index (χ0n) is 31.6. The summed E-state index contributed by atoms with van der Waals surface area (Å²) in [6, 6.07) is 31.9. The molecule has 310 valence electrons. The van der Waals surface area contributed by atoms with Crippen LogP contribution in [0.15, 0.2) is 156 Å². The number of rotatable bonds is 7. The molecule has 61 heavy (non-hydrogen) atoms. The molecule has 0 aliphatic carbocycles. The summed E-state index contributed by atoms with van der Waals surface area (Å²) in [6.07, 6.45) is 3.01. The van der Waals surface area contributed by atoms with Gasteiger partial charge in [-0.3, -0.25) is 19.3 Å². The highest BCUT2D eigenvalue weighted by molar-refractivity contribution is 9.11. The molecule has 0 saturated carbocycles. The van der Waals surface area contributed by atoms with E-state index < -0.39 is 35.5 Å². The third kappa shape index (κ3) is 9.77. The molecule has 0 radical (unpaired) electrons. The van der Waals surface area contributed by atoms with E-state index >= 15 is 0 Å². The van der Waals surface area contributed by atoms with E-state index in [1.807, 2.05) is 6.07 Å². The van der Waals surface area contributed by atoms with Gasteiger partial charge in [-0.2, -0.15) is 0 Å². The third-order valence-electron chi connectivity index (χ3n) is 8.78. The van der Waals surface area contributed by atoms with Crippen molar-refractivity contribution in [3.05, 3.63) is 162 Å². The van der Waals surface area contributed by atoms with Crippen molar-refractivity contribution in [1.82, 2.24) is 9.97 Å². The molecule has 1 N–H and O–H groups in total. The summed E-state index contributed by atoms with van der Waals surface area (Å²) in [6.45, 7) is 0. The molecule has 2 saturated heterocycles. The molecule has 14 nitrogen and oxygen atoms in total. The molecule has 4 heterocycles. The summed E-state index contributed by atoms with van der Waals surface area (Å²) < 4.78 is 14.1. The lowest BCUT2D eigenvalue weighted by Gasteiger charge is -2.30. The first kappa shape index (κ1) is 45.2. The average Bonchev–Trinajstić information content (AvgIpc) is 3.61. The van der Waals surface area contributed by atoms with Gasteiger partial charge >= 0.3 is 23.9 Å². The fourth-order valence-electron chi connectivity index (χ4n) is 5.83. The van der Waals surface area contributed by atoms with Gasteiger partial charge in [0.25, 0.3) is 11.6 Å². The van der Waals surface area contributed by atoms with Gasteiger partial charge in [0.2, 0.25) is 11.8 Å². The van der Waals surface area contributed by atoms with Crippen molar-refractivity contribution in [3.8, 4) is 11.8 Å². The highest BCUT2D eigenvalue weighted by Gasteiger charge is 2.59. The number of urea groups is 2. The lowest BCUT2D eigenvalue weighted by molar-refractivity contribution is -0.133. The highest BCUT2D eigenvalue weighted by atomic mass is 79.9. The number of amides is 7. The summed E-state index contributed by atoms with van der Waals surface area (Å²) in [5.74, 6) is -1.58. The van der Waals surface area contributed by atoms with Crippen molar-refractivity contribution in [3.63, 3.8) is 0 Å². The minimum absolute atomic E-state index is 0.143. The Hall–Kier alpha value is -5.31. The van der Waals surface area contributed by atoms with E-state index in [1.54, 1.807) is 116 Å². The van der Waals surface area contributed by atoms with E-state index in [1.165, 1.54) is 25.4 Å². The van der Waals surface area contributed by atoms with E-state index in [4.69, 9.17) is 9.47 Å². The van der Waals surface area contributed by atoms with E-state index in [9.17, 15) is 29.1 Å². The molecular weight excluding hydrogens is 1120 g/mol. The Kier molecular flexibility index (Phi) is 14.5. The van der Waals surface area contributed by atoms with Crippen molar-refractivity contribution < 1.29 is 38.6 Å². The number of hydrogen-bond acceptors (Lipinski definition) is 10. The standard InChI is InChI=1S/C21H15Br2N3O4.C15H8Br2N2O3.C6H6BrNO/c1-30-18-11-2-13(12-24-18)21(29)19(27)25(16-7-3-14(22)4-8-16)20(28)26(21)17-9-5-15(23)6-10-17;16-9-1-5-11(6-2-9)18-13(20)14(21)19(15(18)22)12-7-3-10(17)4-8-12;1-9-6-3-2-5(7)4-8-6/h2-12,29H,1H3;1-8H;2-4H,1H3. The van der Waals surface area contributed by atoms with Crippen molar-refractivity contribution in [2.24, 2.45) is 0 Å². The first-order chi connectivity index (χ1) is 29.2. The van der Waals surface area contributed by atoms with Gasteiger partial charge in [-0.05, 0) is 125 Å². The molecule has 2 fully saturated rings. The van der Waals surface area contributed by atoms with Gasteiger partial charge in [-0.25, -0.2) is 34.3 Å². The number of nitrogens with zero attached hydrogens (tertiary/aromatic N) is 6. The molecule has 0 spiro atoms. The molecule has 1 atom stereocenters. The SMILES string of the molecule is COc1ccc(Br)cn1.COc1ccc(C2(O)C(=O)N(c3ccc(Br)cc3)C(=O)N2c2ccc(Br)cc2)cn1.O=C1C(=O)N(c2ccc(Br)cc2)C(=O)N1c1ccc(Br)cc1. The summed E-state index contributed by atoms with van der Waals surface area (Å²) in [5.41, 5.74) is -0.735. The molecule has 2 aromatic heterocycles. The third-order valence-corrected chi connectivity index (χ3v) is 11.4. The van der Waals surface area contributed by atoms with Crippen molar-refractivity contribution >= 4 is 132 Å². The number of methoxy groups -OCH3 is 2. The fourth-order valence-corrected chi connectivity index (χ4v) is 7.12. The van der Waals surface area contributed by atoms with Gasteiger partial charge < -0.3 is 14.6 Å². The second kappa shape index (κ2) is 19.6. The molecule has 2 aliphatic rings. The number of benzene rings is 4. The zero-order chi connectivity index (χ0) is 44.0. The number of aromatic nitrogens is 2. The first-order valence-electron chi connectivity index (χ1n) is 17.5. The van der Waals surface area contributed by atoms with Crippen LogP contribution in [0.4, 0.5) is 32.3 Å². The van der Waals surface area contributed by atoms with Crippen molar-refractivity contribution in [1.29, 1.82) is 0 Å². The quantitative estimate of drug-likeness (QED) is 0.120. The van der Waals surface area contributed by atoms with Crippen LogP contribution in [0.25, 0.3) is 0 Å². The Morgan fingerprint density at radius 1 is 0.459 bits per heavy atom. The van der Waals surface area contributed by atoms with Crippen molar-refractivity contribution in [2.45, 2.75) is 5.72 Å². The number of imide groups is 3. The van der Waals surface area contributed by atoms with Crippen LogP contribution in [0.1, 0.15) is 5.56 Å². The van der Waals surface area contributed by atoms with Crippen LogP contribution in [0, 0.1) is 0 Å². The molecule has 2 aliphatic heterocycles. The van der Waals surface area contributed by atoms with Gasteiger partial charge in [0.05, 0.1) is 31.3 Å². The smallest absolute Gasteiger partial charge is 0.343 e. The van der Waals surface area contributed by atoms with Crippen LogP contribution in [-0.2, 0) is 20.1 Å². The molecule has 4 aromatic carbocycles. The second-order valence-corrected chi connectivity index (χ2v) is 17.1. The topological polar surface area (TPSA) is 163 Å². The van der Waals surface area contributed by atoms with Crippen LogP contribution in [0.5, 0.6) is 11.8 Å². The Bertz CT molecular complexity index is 2500. The number of aliphatic hydroxyl groups is 1. The number of hydrogen-bond donors (Lipinski definition) is 1. The number of ether oxygens (including phenoxy) is 2. The van der Waals surface area contributed by atoms with E-state index in [-0.39, 0.29) is 5.56 Å². The highest BCUT2D eigenvalue weighted by Crippen LogP contribution is 2.41. The predicted molar refractivity (Wildman–Crippen MR) is 245 cm³/mol. The maximum Gasteiger partial charge on any atom is 0.343 e.